The minimum Gasteiger partial charge on any atom is -0.463 e. The molecule has 0 aliphatic carbocycles. The summed E-state index contributed by atoms with van der Waals surface area (Å²) in [5.74, 6) is -0.277. The SMILES string of the molecule is C=C(/C(=C/C(=O)OCC)CCCC)c1cccs1. The smallest absolute Gasteiger partial charge is 0.331 e. The Balaban J connectivity index is 2.84. The van der Waals surface area contributed by atoms with Crippen LogP contribution in [0.2, 0.25) is 0 Å². The maximum Gasteiger partial charge on any atom is 0.331 e. The van der Waals surface area contributed by atoms with Crippen LogP contribution in [0.25, 0.3) is 5.57 Å². The van der Waals surface area contributed by atoms with Crippen LogP contribution in [0.1, 0.15) is 38.0 Å². The number of hydrogen-bond donors (Lipinski definition) is 0. The van der Waals surface area contributed by atoms with Gasteiger partial charge in [-0.1, -0.05) is 26.0 Å². The van der Waals surface area contributed by atoms with Crippen LogP contribution in [-0.2, 0) is 9.53 Å². The van der Waals surface area contributed by atoms with E-state index in [1.54, 1.807) is 17.4 Å². The van der Waals surface area contributed by atoms with E-state index in [1.807, 2.05) is 24.4 Å². The van der Waals surface area contributed by atoms with Gasteiger partial charge in [-0.2, -0.15) is 0 Å². The van der Waals surface area contributed by atoms with Gasteiger partial charge in [-0.3, -0.25) is 0 Å². The maximum atomic E-state index is 11.6. The van der Waals surface area contributed by atoms with Gasteiger partial charge in [0.1, 0.15) is 0 Å². The monoisotopic (exact) mass is 264 g/mol. The zero-order chi connectivity index (χ0) is 13.4. The summed E-state index contributed by atoms with van der Waals surface area (Å²) in [6.07, 6.45) is 4.60. The van der Waals surface area contributed by atoms with Crippen molar-refractivity contribution in [3.05, 3.63) is 40.6 Å². The Bertz CT molecular complexity index is 416. The Morgan fingerprint density at radius 2 is 2.28 bits per heavy atom. The third kappa shape index (κ3) is 4.49. The molecule has 3 heteroatoms. The van der Waals surface area contributed by atoms with Crippen molar-refractivity contribution < 1.29 is 9.53 Å². The molecule has 1 rings (SSSR count). The number of carbonyl (C=O) groups excluding carboxylic acids is 1. The average Bonchev–Trinajstić information content (AvgIpc) is 2.87. The fraction of sp³-hybridized carbons (Fsp3) is 0.400. The average molecular weight is 264 g/mol. The zero-order valence-corrected chi connectivity index (χ0v) is 11.9. The second-order valence-electron chi connectivity index (χ2n) is 3.98. The maximum absolute atomic E-state index is 11.6. The predicted octanol–water partition coefficient (Wildman–Crippen LogP) is 4.44. The fourth-order valence-corrected chi connectivity index (χ4v) is 2.35. The first-order valence-electron chi connectivity index (χ1n) is 6.29. The van der Waals surface area contributed by atoms with Crippen LogP contribution in [0.3, 0.4) is 0 Å². The molecule has 0 bridgehead atoms. The second kappa shape index (κ2) is 7.88. The molecule has 0 saturated heterocycles. The molecule has 0 aliphatic rings. The van der Waals surface area contributed by atoms with Crippen molar-refractivity contribution in [2.45, 2.75) is 33.1 Å². The number of carbonyl (C=O) groups is 1. The highest BCUT2D eigenvalue weighted by Crippen LogP contribution is 2.28. The molecule has 0 radical (unpaired) electrons. The van der Waals surface area contributed by atoms with Crippen molar-refractivity contribution in [3.8, 4) is 0 Å². The lowest BCUT2D eigenvalue weighted by molar-refractivity contribution is -0.137. The van der Waals surface area contributed by atoms with E-state index in [9.17, 15) is 4.79 Å². The molecule has 0 amide bonds. The molecule has 1 heterocycles. The number of thiophene rings is 1. The molecule has 0 fully saturated rings. The number of allylic oxidation sites excluding steroid dienone is 2. The Morgan fingerprint density at radius 3 is 2.83 bits per heavy atom. The first kappa shape index (κ1) is 14.7. The van der Waals surface area contributed by atoms with E-state index in [0.717, 1.165) is 35.3 Å². The number of rotatable bonds is 7. The Morgan fingerprint density at radius 1 is 1.50 bits per heavy atom. The highest BCUT2D eigenvalue weighted by molar-refractivity contribution is 7.11. The second-order valence-corrected chi connectivity index (χ2v) is 4.93. The van der Waals surface area contributed by atoms with Crippen LogP contribution < -0.4 is 0 Å². The summed E-state index contributed by atoms with van der Waals surface area (Å²) in [6.45, 7) is 8.45. The molecule has 0 aromatic carbocycles. The van der Waals surface area contributed by atoms with Gasteiger partial charge in [-0.25, -0.2) is 4.79 Å². The number of esters is 1. The zero-order valence-electron chi connectivity index (χ0n) is 11.1. The topological polar surface area (TPSA) is 26.3 Å². The van der Waals surface area contributed by atoms with E-state index in [0.29, 0.717) is 6.61 Å². The highest BCUT2D eigenvalue weighted by atomic mass is 32.1. The van der Waals surface area contributed by atoms with Crippen LogP contribution in [0, 0.1) is 0 Å². The highest BCUT2D eigenvalue weighted by Gasteiger charge is 2.09. The third-order valence-electron chi connectivity index (χ3n) is 2.58. The number of unbranched alkanes of at least 4 members (excludes halogenated alkanes) is 1. The lowest BCUT2D eigenvalue weighted by Gasteiger charge is -2.09. The van der Waals surface area contributed by atoms with Gasteiger partial charge in [0, 0.05) is 11.0 Å². The van der Waals surface area contributed by atoms with Gasteiger partial charge in [0.05, 0.1) is 6.61 Å². The Kier molecular flexibility index (Phi) is 6.44. The van der Waals surface area contributed by atoms with Gasteiger partial charge in [0.25, 0.3) is 0 Å². The minimum atomic E-state index is -0.277. The normalized spacial score (nSPS) is 11.3. The molecule has 0 unspecified atom stereocenters. The van der Waals surface area contributed by atoms with Gasteiger partial charge >= 0.3 is 5.97 Å². The molecular formula is C15H20O2S. The molecule has 98 valence electrons. The largest absolute Gasteiger partial charge is 0.463 e. The summed E-state index contributed by atoms with van der Waals surface area (Å²) in [7, 11) is 0. The standard InChI is InChI=1S/C15H20O2S/c1-4-6-8-13(11-15(16)17-5-2)12(3)14-9-7-10-18-14/h7,9-11H,3-6,8H2,1-2H3/b13-11+. The lowest BCUT2D eigenvalue weighted by Crippen LogP contribution is -2.02. The van der Waals surface area contributed by atoms with Crippen molar-refractivity contribution >= 4 is 22.9 Å². The van der Waals surface area contributed by atoms with Crippen LogP contribution in [0.5, 0.6) is 0 Å². The van der Waals surface area contributed by atoms with Crippen LogP contribution in [0.15, 0.2) is 35.7 Å². The molecule has 18 heavy (non-hydrogen) atoms. The summed E-state index contributed by atoms with van der Waals surface area (Å²) in [6, 6.07) is 4.02. The molecule has 0 N–H and O–H groups in total. The lowest BCUT2D eigenvalue weighted by atomic mass is 10.00. The van der Waals surface area contributed by atoms with Crippen molar-refractivity contribution in [2.75, 3.05) is 6.61 Å². The Labute approximate surface area is 113 Å². The summed E-state index contributed by atoms with van der Waals surface area (Å²) < 4.78 is 4.97. The molecule has 1 aromatic heterocycles. The van der Waals surface area contributed by atoms with Gasteiger partial charge in [0.15, 0.2) is 0 Å². The number of ether oxygens (including phenoxy) is 1. The van der Waals surface area contributed by atoms with Gasteiger partial charge < -0.3 is 4.74 Å². The summed E-state index contributed by atoms with van der Waals surface area (Å²) >= 11 is 1.64. The van der Waals surface area contributed by atoms with Crippen LogP contribution >= 0.6 is 11.3 Å². The van der Waals surface area contributed by atoms with Gasteiger partial charge in [-0.15, -0.1) is 11.3 Å². The number of hydrogen-bond acceptors (Lipinski definition) is 3. The molecular weight excluding hydrogens is 244 g/mol. The van der Waals surface area contributed by atoms with Crippen molar-refractivity contribution in [1.82, 2.24) is 0 Å². The first-order chi connectivity index (χ1) is 8.69. The van der Waals surface area contributed by atoms with Crippen LogP contribution in [-0.4, -0.2) is 12.6 Å². The molecule has 0 aliphatic heterocycles. The third-order valence-corrected chi connectivity index (χ3v) is 3.51. The van der Waals surface area contributed by atoms with Gasteiger partial charge in [-0.05, 0) is 42.4 Å². The van der Waals surface area contributed by atoms with E-state index >= 15 is 0 Å². The van der Waals surface area contributed by atoms with E-state index in [2.05, 4.69) is 13.5 Å². The minimum absolute atomic E-state index is 0.277. The quantitative estimate of drug-likeness (QED) is 0.413. The molecule has 1 aromatic rings. The summed E-state index contributed by atoms with van der Waals surface area (Å²) in [5, 5.41) is 2.02. The van der Waals surface area contributed by atoms with E-state index < -0.39 is 0 Å². The van der Waals surface area contributed by atoms with E-state index in [4.69, 9.17) is 4.74 Å². The Hall–Kier alpha value is -1.35. The van der Waals surface area contributed by atoms with Crippen molar-refractivity contribution in [2.24, 2.45) is 0 Å². The summed E-state index contributed by atoms with van der Waals surface area (Å²) in [4.78, 5) is 12.7. The molecule has 0 spiro atoms. The molecule has 2 nitrogen and oxygen atoms in total. The first-order valence-corrected chi connectivity index (χ1v) is 7.17. The molecule has 0 saturated carbocycles. The van der Waals surface area contributed by atoms with Crippen molar-refractivity contribution in [1.29, 1.82) is 0 Å². The fourth-order valence-electron chi connectivity index (χ4n) is 1.61. The summed E-state index contributed by atoms with van der Waals surface area (Å²) in [5.41, 5.74) is 1.92. The van der Waals surface area contributed by atoms with E-state index in [-0.39, 0.29) is 5.97 Å². The van der Waals surface area contributed by atoms with E-state index in [1.165, 1.54) is 0 Å². The van der Waals surface area contributed by atoms with Crippen LogP contribution in [0.4, 0.5) is 0 Å². The molecule has 0 atom stereocenters. The predicted molar refractivity (Wildman–Crippen MR) is 77.6 cm³/mol. The van der Waals surface area contributed by atoms with Gasteiger partial charge in [0.2, 0.25) is 0 Å². The van der Waals surface area contributed by atoms with Crippen molar-refractivity contribution in [3.63, 3.8) is 0 Å².